The van der Waals surface area contributed by atoms with Gasteiger partial charge >= 0.3 is 0 Å². The average Bonchev–Trinajstić information content (AvgIpc) is 2.71. The maximum atomic E-state index is 5.88. The number of aryl methyl sites for hydroxylation is 1. The highest BCUT2D eigenvalue weighted by Gasteiger charge is 2.13. The van der Waals surface area contributed by atoms with E-state index >= 15 is 0 Å². The van der Waals surface area contributed by atoms with Gasteiger partial charge in [-0.25, -0.2) is 0 Å². The van der Waals surface area contributed by atoms with Gasteiger partial charge in [-0.2, -0.15) is 0 Å². The van der Waals surface area contributed by atoms with Gasteiger partial charge in [0.05, 0.1) is 6.54 Å². The summed E-state index contributed by atoms with van der Waals surface area (Å²) >= 11 is 0. The maximum absolute atomic E-state index is 5.88. The van der Waals surface area contributed by atoms with Crippen LogP contribution in [0.25, 0.3) is 11.0 Å². The van der Waals surface area contributed by atoms with Gasteiger partial charge in [-0.15, -0.1) is 24.0 Å². The van der Waals surface area contributed by atoms with Gasteiger partial charge in [0.1, 0.15) is 11.3 Å². The van der Waals surface area contributed by atoms with Crippen molar-refractivity contribution in [1.29, 1.82) is 0 Å². The van der Waals surface area contributed by atoms with Gasteiger partial charge in [0.25, 0.3) is 0 Å². The molecule has 2 N–H and O–H groups in total. The lowest BCUT2D eigenvalue weighted by Gasteiger charge is -2.23. The lowest BCUT2D eigenvalue weighted by molar-refractivity contribution is 0.492. The van der Waals surface area contributed by atoms with Crippen molar-refractivity contribution in [2.75, 3.05) is 7.05 Å². The normalized spacial score (nSPS) is 12.1. The topological polar surface area (TPSA) is 49.6 Å². The van der Waals surface area contributed by atoms with E-state index in [-0.39, 0.29) is 29.5 Å². The van der Waals surface area contributed by atoms with Gasteiger partial charge in [-0.3, -0.25) is 4.99 Å². The monoisotopic (exact) mass is 401 g/mol. The summed E-state index contributed by atoms with van der Waals surface area (Å²) in [4.78, 5) is 4.22. The lowest BCUT2D eigenvalue weighted by atomic mass is 10.1. The number of aliphatic imine (C=N–C) groups is 1. The summed E-state index contributed by atoms with van der Waals surface area (Å²) in [6, 6.07) is 8.10. The molecule has 0 bridgehead atoms. The molecule has 0 aliphatic carbocycles. The Bertz CT molecular complexity index is 626. The molecule has 1 heterocycles. The molecule has 0 fully saturated rings. The van der Waals surface area contributed by atoms with Gasteiger partial charge in [0.2, 0.25) is 0 Å². The van der Waals surface area contributed by atoms with Crippen LogP contribution in [0.4, 0.5) is 0 Å². The highest BCUT2D eigenvalue weighted by molar-refractivity contribution is 14.0. The summed E-state index contributed by atoms with van der Waals surface area (Å²) in [6.07, 6.45) is 0. The molecule has 0 aliphatic rings. The Kier molecular flexibility index (Phi) is 6.07. The van der Waals surface area contributed by atoms with E-state index in [1.807, 2.05) is 18.2 Å². The number of hydrogen-bond acceptors (Lipinski definition) is 2. The molecule has 0 saturated carbocycles. The number of hydrogen-bond donors (Lipinski definition) is 2. The molecule has 2 rings (SSSR count). The smallest absolute Gasteiger partial charge is 0.191 e. The summed E-state index contributed by atoms with van der Waals surface area (Å²) in [5.41, 5.74) is 2.09. The fourth-order valence-electron chi connectivity index (χ4n) is 2.09. The van der Waals surface area contributed by atoms with Crippen LogP contribution in [0.1, 0.15) is 32.1 Å². The molecule has 5 heteroatoms. The Hall–Kier alpha value is -1.24. The Morgan fingerprint density at radius 3 is 2.48 bits per heavy atom. The van der Waals surface area contributed by atoms with E-state index in [1.54, 1.807) is 7.05 Å². The molecule has 0 radical (unpaired) electrons. The molecule has 4 nitrogen and oxygen atoms in total. The minimum absolute atomic E-state index is 0. The first-order valence-electron chi connectivity index (χ1n) is 6.86. The molecular formula is C16H24IN3O. The van der Waals surface area contributed by atoms with Crippen LogP contribution in [0.5, 0.6) is 0 Å². The van der Waals surface area contributed by atoms with Crippen molar-refractivity contribution in [3.05, 3.63) is 35.6 Å². The average molecular weight is 401 g/mol. The highest BCUT2D eigenvalue weighted by Crippen LogP contribution is 2.24. The van der Waals surface area contributed by atoms with Crippen molar-refractivity contribution < 1.29 is 4.42 Å². The maximum Gasteiger partial charge on any atom is 0.191 e. The summed E-state index contributed by atoms with van der Waals surface area (Å²) in [5.74, 6) is 1.72. The van der Waals surface area contributed by atoms with Gasteiger partial charge in [-0.05, 0) is 33.8 Å². The van der Waals surface area contributed by atoms with E-state index in [0.717, 1.165) is 17.3 Å². The largest absolute Gasteiger partial charge is 0.459 e. The summed E-state index contributed by atoms with van der Waals surface area (Å²) in [6.45, 7) is 9.02. The second kappa shape index (κ2) is 7.15. The van der Waals surface area contributed by atoms with E-state index in [4.69, 9.17) is 4.42 Å². The van der Waals surface area contributed by atoms with Crippen LogP contribution in [0, 0.1) is 6.92 Å². The Morgan fingerprint density at radius 1 is 1.24 bits per heavy atom. The van der Waals surface area contributed by atoms with Crippen molar-refractivity contribution in [1.82, 2.24) is 10.6 Å². The predicted molar refractivity (Wildman–Crippen MR) is 99.5 cm³/mol. The van der Waals surface area contributed by atoms with Gasteiger partial charge in [0.15, 0.2) is 5.96 Å². The number of para-hydroxylation sites is 1. The van der Waals surface area contributed by atoms with Crippen LogP contribution >= 0.6 is 24.0 Å². The quantitative estimate of drug-likeness (QED) is 0.457. The molecule has 0 amide bonds. The molecule has 2 aromatic rings. The van der Waals surface area contributed by atoms with Crippen LogP contribution in [-0.2, 0) is 6.54 Å². The van der Waals surface area contributed by atoms with Crippen LogP contribution in [0.15, 0.2) is 33.7 Å². The molecule has 21 heavy (non-hydrogen) atoms. The Morgan fingerprint density at radius 2 is 1.90 bits per heavy atom. The second-order valence-corrected chi connectivity index (χ2v) is 5.95. The fourth-order valence-corrected chi connectivity index (χ4v) is 2.09. The molecule has 116 valence electrons. The number of rotatable bonds is 2. The highest BCUT2D eigenvalue weighted by atomic mass is 127. The predicted octanol–water partition coefficient (Wildman–Crippen LogP) is 3.82. The van der Waals surface area contributed by atoms with Crippen LogP contribution in [-0.4, -0.2) is 18.5 Å². The standard InChI is InChI=1S/C16H23N3O.HI/c1-11-12-8-6-7-9-13(12)20-14(11)10-18-15(17-5)19-16(2,3)4;/h6-9H,10H2,1-5H3,(H2,17,18,19);1H. The van der Waals surface area contributed by atoms with Gasteiger partial charge in [-0.1, -0.05) is 18.2 Å². The third-order valence-corrected chi connectivity index (χ3v) is 3.08. The van der Waals surface area contributed by atoms with Crippen molar-refractivity contribution in [2.45, 2.75) is 39.8 Å². The number of halogens is 1. The zero-order valence-corrected chi connectivity index (χ0v) is 15.6. The minimum Gasteiger partial charge on any atom is -0.459 e. The number of nitrogens with one attached hydrogen (secondary N) is 2. The third kappa shape index (κ3) is 4.62. The molecule has 1 aromatic heterocycles. The van der Waals surface area contributed by atoms with Gasteiger partial charge < -0.3 is 15.1 Å². The van der Waals surface area contributed by atoms with E-state index in [1.165, 1.54) is 10.9 Å². The Balaban J connectivity index is 0.00000220. The number of fused-ring (bicyclic) bond motifs is 1. The van der Waals surface area contributed by atoms with E-state index in [0.29, 0.717) is 6.54 Å². The van der Waals surface area contributed by atoms with E-state index < -0.39 is 0 Å². The lowest BCUT2D eigenvalue weighted by Crippen LogP contribution is -2.47. The van der Waals surface area contributed by atoms with Crippen molar-refractivity contribution in [3.8, 4) is 0 Å². The van der Waals surface area contributed by atoms with Crippen LogP contribution < -0.4 is 10.6 Å². The summed E-state index contributed by atoms with van der Waals surface area (Å²) in [5, 5.41) is 7.79. The Labute approximate surface area is 143 Å². The van der Waals surface area contributed by atoms with Crippen molar-refractivity contribution in [3.63, 3.8) is 0 Å². The zero-order valence-electron chi connectivity index (χ0n) is 13.3. The summed E-state index contributed by atoms with van der Waals surface area (Å²) in [7, 11) is 1.77. The first kappa shape index (κ1) is 17.8. The molecule has 0 atom stereocenters. The van der Waals surface area contributed by atoms with Gasteiger partial charge in [0, 0.05) is 23.5 Å². The molecular weight excluding hydrogens is 377 g/mol. The number of guanidine groups is 1. The van der Waals surface area contributed by atoms with E-state index in [2.05, 4.69) is 49.4 Å². The van der Waals surface area contributed by atoms with Crippen molar-refractivity contribution in [2.24, 2.45) is 4.99 Å². The second-order valence-electron chi connectivity index (χ2n) is 5.95. The molecule has 0 aliphatic heterocycles. The number of benzene rings is 1. The first-order valence-corrected chi connectivity index (χ1v) is 6.86. The van der Waals surface area contributed by atoms with E-state index in [9.17, 15) is 0 Å². The minimum atomic E-state index is -0.0231. The van der Waals surface area contributed by atoms with Crippen LogP contribution in [0.2, 0.25) is 0 Å². The fraction of sp³-hybridized carbons (Fsp3) is 0.438. The van der Waals surface area contributed by atoms with Crippen LogP contribution in [0.3, 0.4) is 0 Å². The molecule has 0 saturated heterocycles. The molecule has 1 aromatic carbocycles. The first-order chi connectivity index (χ1) is 9.40. The molecule has 0 unspecified atom stereocenters. The third-order valence-electron chi connectivity index (χ3n) is 3.08. The zero-order chi connectivity index (χ0) is 14.8. The summed E-state index contributed by atoms with van der Waals surface area (Å²) < 4.78 is 5.88. The number of furan rings is 1. The number of nitrogens with zero attached hydrogens (tertiary/aromatic N) is 1. The van der Waals surface area contributed by atoms with Crippen molar-refractivity contribution >= 4 is 40.9 Å². The SMILES string of the molecule is CN=C(NCc1oc2ccccc2c1C)NC(C)(C)C.I. The molecule has 0 spiro atoms.